The van der Waals surface area contributed by atoms with Crippen molar-refractivity contribution in [3.05, 3.63) is 108 Å². The van der Waals surface area contributed by atoms with Crippen LogP contribution in [0.1, 0.15) is 48.8 Å². The smallest absolute Gasteiger partial charge is 0.294 e. The second-order valence-electron chi connectivity index (χ2n) is 11.4. The van der Waals surface area contributed by atoms with Crippen molar-refractivity contribution < 1.29 is 18.7 Å². The summed E-state index contributed by atoms with van der Waals surface area (Å²) < 4.78 is 3.68. The predicted octanol–water partition coefficient (Wildman–Crippen LogP) is 7.10. The Morgan fingerprint density at radius 2 is 1.80 bits per heavy atom. The standard InChI is InChI=1S/C36H36N2O2S/c1-23(33(39)15-9-10-16-34-31-21-35(40)38(4)32(31)22-41-34)25-17-19-26(20-18-25)37(3)36-29-13-7-5-11-27(29)24(2)28-12-6-8-14-30(28)36/h5-8,11-14,17-20,27,31-32,34H,1-4,9-10,15-16,21-22H2/q+2. The number of amides is 1. The number of rotatable bonds is 9. The number of carbonyl (C=O) groups is 2. The van der Waals surface area contributed by atoms with Gasteiger partial charge in [-0.15, -0.1) is 0 Å². The number of nitrogens with zero attached hydrogens (tertiary/aromatic N) is 2. The second-order valence-corrected chi connectivity index (χ2v) is 12.7. The molecule has 0 saturated carbocycles. The van der Waals surface area contributed by atoms with Gasteiger partial charge in [-0.25, -0.2) is 4.79 Å². The molecule has 6 rings (SSSR count). The molecule has 4 nitrogen and oxygen atoms in total. The highest BCUT2D eigenvalue weighted by molar-refractivity contribution is 8.00. The van der Waals surface area contributed by atoms with Crippen molar-refractivity contribution in [1.82, 2.24) is 0 Å². The maximum absolute atomic E-state index is 13.0. The van der Waals surface area contributed by atoms with E-state index in [1.165, 1.54) is 5.57 Å². The van der Waals surface area contributed by atoms with E-state index in [1.54, 1.807) is 4.58 Å². The van der Waals surface area contributed by atoms with Crippen LogP contribution in [0.2, 0.25) is 0 Å². The monoisotopic (exact) mass is 560 g/mol. The molecule has 0 spiro atoms. The van der Waals surface area contributed by atoms with Crippen LogP contribution in [-0.2, 0) is 9.59 Å². The fourth-order valence-corrected chi connectivity index (χ4v) is 8.42. The van der Waals surface area contributed by atoms with Crippen molar-refractivity contribution in [3.63, 3.8) is 0 Å². The van der Waals surface area contributed by atoms with E-state index in [1.807, 2.05) is 40.6 Å². The van der Waals surface area contributed by atoms with E-state index in [-0.39, 0.29) is 23.7 Å². The van der Waals surface area contributed by atoms with Crippen LogP contribution in [0.4, 0.5) is 5.69 Å². The molecule has 0 N–H and O–H groups in total. The van der Waals surface area contributed by atoms with E-state index in [2.05, 4.69) is 75.2 Å². The first kappa shape index (κ1) is 27.3. The number of Topliss-reactive ketones (excluding diaryl/α,β-unsaturated/α-hetero) is 1. The zero-order valence-electron chi connectivity index (χ0n) is 23.4. The van der Waals surface area contributed by atoms with Crippen LogP contribution in [0.3, 0.4) is 0 Å². The number of ketones is 1. The third kappa shape index (κ3) is 4.97. The summed E-state index contributed by atoms with van der Waals surface area (Å²) in [5.41, 5.74) is 7.96. The summed E-state index contributed by atoms with van der Waals surface area (Å²) in [5, 5.41) is 0.493. The molecule has 41 heavy (non-hydrogen) atoms. The maximum atomic E-state index is 13.0. The van der Waals surface area contributed by atoms with E-state index in [9.17, 15) is 9.59 Å². The summed E-state index contributed by atoms with van der Waals surface area (Å²) in [4.78, 5) is 25.0. The van der Waals surface area contributed by atoms with Gasteiger partial charge in [0.15, 0.2) is 11.8 Å². The van der Waals surface area contributed by atoms with Crippen molar-refractivity contribution in [2.45, 2.75) is 43.4 Å². The van der Waals surface area contributed by atoms with Crippen LogP contribution < -0.4 is 0 Å². The minimum absolute atomic E-state index is 0.0905. The molecule has 4 aliphatic rings. The number of fused-ring (bicyclic) bond motifs is 3. The molecule has 206 valence electrons. The molecule has 0 bridgehead atoms. The molecular weight excluding hydrogens is 524 g/mol. The summed E-state index contributed by atoms with van der Waals surface area (Å²) in [5.74, 6) is 1.78. The fourth-order valence-electron chi connectivity index (χ4n) is 6.69. The van der Waals surface area contributed by atoms with E-state index < -0.39 is 0 Å². The number of thioether (sulfide) groups is 1. The summed E-state index contributed by atoms with van der Waals surface area (Å²) >= 11 is 1.96. The number of unbranched alkanes of at least 4 members (excludes halogenated alkanes) is 1. The van der Waals surface area contributed by atoms with Gasteiger partial charge in [-0.2, -0.15) is 20.9 Å². The van der Waals surface area contributed by atoms with Crippen LogP contribution in [-0.4, -0.2) is 51.3 Å². The molecule has 1 amide bonds. The Morgan fingerprint density at radius 1 is 1.05 bits per heavy atom. The molecule has 2 aromatic rings. The highest BCUT2D eigenvalue weighted by Gasteiger charge is 2.51. The molecule has 0 radical (unpaired) electrons. The summed E-state index contributed by atoms with van der Waals surface area (Å²) in [6.45, 7) is 16.9. The zero-order chi connectivity index (χ0) is 28.7. The minimum atomic E-state index is 0.0905. The molecule has 2 fully saturated rings. The SMILES string of the molecule is C=C(C(=O)CCCCC1SCC2C1CC(=O)[N+]2=C)c1ccc([N+](=C)C2=C3C=CC=CC3C(=C)c3ccccc32)cc1. The summed E-state index contributed by atoms with van der Waals surface area (Å²) in [7, 11) is 0. The quantitative estimate of drug-likeness (QED) is 0.142. The zero-order valence-corrected chi connectivity index (χ0v) is 24.2. The Labute approximate surface area is 246 Å². The molecule has 2 aromatic carbocycles. The topological polar surface area (TPSA) is 40.2 Å². The Morgan fingerprint density at radius 3 is 2.59 bits per heavy atom. The van der Waals surface area contributed by atoms with Gasteiger partial charge in [0.05, 0.1) is 17.7 Å². The van der Waals surface area contributed by atoms with Gasteiger partial charge >= 0.3 is 5.91 Å². The predicted molar refractivity (Wildman–Crippen MR) is 171 cm³/mol. The first-order chi connectivity index (χ1) is 19.8. The van der Waals surface area contributed by atoms with Crippen LogP contribution in [0.25, 0.3) is 16.8 Å². The lowest BCUT2D eigenvalue weighted by atomic mass is 9.76. The highest BCUT2D eigenvalue weighted by Crippen LogP contribution is 2.45. The second kappa shape index (κ2) is 11.2. The van der Waals surface area contributed by atoms with Crippen molar-refractivity contribution in [1.29, 1.82) is 0 Å². The third-order valence-corrected chi connectivity index (χ3v) is 10.6. The van der Waals surface area contributed by atoms with Crippen molar-refractivity contribution in [2.75, 3.05) is 5.75 Å². The molecule has 0 aromatic heterocycles. The molecule has 2 aliphatic heterocycles. The lowest BCUT2D eigenvalue weighted by Crippen LogP contribution is -2.25. The van der Waals surface area contributed by atoms with Crippen LogP contribution in [0.15, 0.2) is 91.6 Å². The van der Waals surface area contributed by atoms with Gasteiger partial charge < -0.3 is 0 Å². The van der Waals surface area contributed by atoms with Gasteiger partial charge in [0.25, 0.3) is 0 Å². The first-order valence-electron chi connectivity index (χ1n) is 14.4. The third-order valence-electron chi connectivity index (χ3n) is 9.06. The average molecular weight is 561 g/mol. The molecule has 2 heterocycles. The van der Waals surface area contributed by atoms with E-state index in [0.717, 1.165) is 58.7 Å². The molecule has 4 atom stereocenters. The Hall–Kier alpha value is -3.83. The highest BCUT2D eigenvalue weighted by atomic mass is 32.2. The van der Waals surface area contributed by atoms with E-state index in [0.29, 0.717) is 29.6 Å². The van der Waals surface area contributed by atoms with Crippen LogP contribution >= 0.6 is 11.8 Å². The lowest BCUT2D eigenvalue weighted by molar-refractivity contribution is -0.462. The van der Waals surface area contributed by atoms with Crippen molar-refractivity contribution in [3.8, 4) is 0 Å². The average Bonchev–Trinajstić information content (AvgIpc) is 3.53. The number of hydrogen-bond donors (Lipinski definition) is 0. The molecule has 4 unspecified atom stereocenters. The number of carbonyl (C=O) groups excluding carboxylic acids is 2. The van der Waals surface area contributed by atoms with Gasteiger partial charge in [0, 0.05) is 46.8 Å². The molecule has 2 saturated heterocycles. The van der Waals surface area contributed by atoms with E-state index >= 15 is 0 Å². The van der Waals surface area contributed by atoms with Crippen molar-refractivity contribution >= 4 is 59.4 Å². The number of allylic oxidation sites excluding steroid dienone is 7. The summed E-state index contributed by atoms with van der Waals surface area (Å²) in [6, 6.07) is 16.6. The van der Waals surface area contributed by atoms with Gasteiger partial charge in [0.2, 0.25) is 11.4 Å². The first-order valence-corrected chi connectivity index (χ1v) is 15.4. The van der Waals surface area contributed by atoms with Gasteiger partial charge in [-0.1, -0.05) is 62.1 Å². The van der Waals surface area contributed by atoms with Gasteiger partial charge in [-0.3, -0.25) is 4.79 Å². The Balaban J connectivity index is 1.09. The van der Waals surface area contributed by atoms with Gasteiger partial charge in [0.1, 0.15) is 13.4 Å². The van der Waals surface area contributed by atoms with E-state index in [4.69, 9.17) is 0 Å². The number of benzene rings is 2. The Bertz CT molecular complexity index is 1590. The largest absolute Gasteiger partial charge is 0.387 e. The fraction of sp³-hybridized carbons (Fsp3) is 0.278. The van der Waals surface area contributed by atoms with Gasteiger partial charge in [-0.05, 0) is 47.7 Å². The van der Waals surface area contributed by atoms with Crippen molar-refractivity contribution in [2.24, 2.45) is 11.8 Å². The summed E-state index contributed by atoms with van der Waals surface area (Å²) in [6.07, 6.45) is 12.5. The lowest BCUT2D eigenvalue weighted by Gasteiger charge is -2.28. The van der Waals surface area contributed by atoms with Crippen LogP contribution in [0, 0.1) is 11.8 Å². The maximum Gasteiger partial charge on any atom is 0.387 e. The molecule has 2 aliphatic carbocycles. The molecular formula is C36H36N2O2S+2. The number of hydrogen-bond acceptors (Lipinski definition) is 3. The Kier molecular flexibility index (Phi) is 7.48. The normalized spacial score (nSPS) is 24.3. The minimum Gasteiger partial charge on any atom is -0.294 e. The van der Waals surface area contributed by atoms with Crippen LogP contribution in [0.5, 0.6) is 0 Å². The molecule has 5 heteroatoms.